The van der Waals surface area contributed by atoms with Gasteiger partial charge in [0.05, 0.1) is 6.04 Å². The SMILES string of the molecule is CNC(=S)N[C@H]1C=C2c3cccc4[nH]cc(c34)C[C@H]2N(C)C1.O=C(O)/C=C\C(=O)O. The molecule has 0 spiro atoms. The summed E-state index contributed by atoms with van der Waals surface area (Å²) in [4.78, 5) is 24.9. The molecule has 2 aliphatic rings. The van der Waals surface area contributed by atoms with Crippen molar-refractivity contribution in [3.8, 4) is 0 Å². The number of aromatic amines is 1. The number of hydrogen-bond donors (Lipinski definition) is 5. The molecule has 5 N–H and O–H groups in total. The summed E-state index contributed by atoms with van der Waals surface area (Å²) >= 11 is 5.26. The maximum atomic E-state index is 9.55. The predicted molar refractivity (Wildman–Crippen MR) is 119 cm³/mol. The minimum atomic E-state index is -1.26. The Morgan fingerprint density at radius 3 is 2.60 bits per heavy atom. The van der Waals surface area contributed by atoms with E-state index >= 15 is 0 Å². The van der Waals surface area contributed by atoms with Crippen molar-refractivity contribution in [2.45, 2.75) is 18.5 Å². The molecule has 0 saturated heterocycles. The quantitative estimate of drug-likeness (QED) is 0.370. The number of carbonyl (C=O) groups is 2. The molecule has 30 heavy (non-hydrogen) atoms. The lowest BCUT2D eigenvalue weighted by atomic mass is 9.81. The van der Waals surface area contributed by atoms with Crippen molar-refractivity contribution < 1.29 is 19.8 Å². The number of rotatable bonds is 3. The van der Waals surface area contributed by atoms with E-state index in [1.54, 1.807) is 0 Å². The lowest BCUT2D eigenvalue weighted by Crippen LogP contribution is -2.51. The highest BCUT2D eigenvalue weighted by molar-refractivity contribution is 7.80. The monoisotopic (exact) mass is 428 g/mol. The summed E-state index contributed by atoms with van der Waals surface area (Å²) in [5.41, 5.74) is 5.44. The molecule has 9 heteroatoms. The predicted octanol–water partition coefficient (Wildman–Crippen LogP) is 1.60. The molecule has 0 unspecified atom stereocenters. The molecule has 1 aliphatic heterocycles. The largest absolute Gasteiger partial charge is 0.478 e. The van der Waals surface area contributed by atoms with Crippen LogP contribution in [0.2, 0.25) is 0 Å². The maximum Gasteiger partial charge on any atom is 0.328 e. The Labute approximate surface area is 179 Å². The summed E-state index contributed by atoms with van der Waals surface area (Å²) in [5, 5.41) is 24.1. The summed E-state index contributed by atoms with van der Waals surface area (Å²) in [5.74, 6) is -2.51. The number of carboxylic acids is 2. The third-order valence-corrected chi connectivity index (χ3v) is 5.50. The topological polar surface area (TPSA) is 118 Å². The Morgan fingerprint density at radius 1 is 1.27 bits per heavy atom. The standard InChI is InChI=1S/C17H20N4S.C4H4O4/c1-18-17(22)20-11-7-13-12-4-3-5-14-16(12)10(8-19-14)6-15(13)21(2)9-11;5-3(6)1-2-4(7)8/h3-5,7-8,11,15,19H,6,9H2,1-2H3,(H2,18,20,22);1-2H,(H,5,6)(H,7,8)/b;2-1-/t11-,15+;/m0./s1. The first-order valence-corrected chi connectivity index (χ1v) is 9.84. The number of nitrogens with zero attached hydrogens (tertiary/aromatic N) is 1. The van der Waals surface area contributed by atoms with Crippen molar-refractivity contribution in [2.24, 2.45) is 0 Å². The Morgan fingerprint density at radius 2 is 1.97 bits per heavy atom. The zero-order valence-corrected chi connectivity index (χ0v) is 17.5. The van der Waals surface area contributed by atoms with E-state index in [2.05, 4.69) is 58.0 Å². The second-order valence-corrected chi connectivity index (χ2v) is 7.57. The number of H-pyrrole nitrogens is 1. The summed E-state index contributed by atoms with van der Waals surface area (Å²) in [6, 6.07) is 7.23. The van der Waals surface area contributed by atoms with E-state index in [-0.39, 0.29) is 6.04 Å². The lowest BCUT2D eigenvalue weighted by molar-refractivity contribution is -0.134. The van der Waals surface area contributed by atoms with Crippen LogP contribution < -0.4 is 10.6 Å². The Kier molecular flexibility index (Phi) is 6.53. The molecule has 8 nitrogen and oxygen atoms in total. The van der Waals surface area contributed by atoms with Gasteiger partial charge in [0.1, 0.15) is 0 Å². The van der Waals surface area contributed by atoms with Crippen molar-refractivity contribution in [1.82, 2.24) is 20.5 Å². The van der Waals surface area contributed by atoms with E-state index in [1.807, 2.05) is 7.05 Å². The Hall–Kier alpha value is -3.17. The third-order valence-electron chi connectivity index (χ3n) is 5.18. The van der Waals surface area contributed by atoms with Crippen LogP contribution in [0.1, 0.15) is 11.1 Å². The van der Waals surface area contributed by atoms with Gasteiger partial charge in [-0.25, -0.2) is 9.59 Å². The van der Waals surface area contributed by atoms with Crippen LogP contribution in [0.25, 0.3) is 16.5 Å². The number of carboxylic acid groups (broad SMARTS) is 2. The fourth-order valence-electron chi connectivity index (χ4n) is 3.93. The first kappa shape index (κ1) is 21.5. The molecule has 1 aliphatic carbocycles. The second-order valence-electron chi connectivity index (χ2n) is 7.16. The number of likely N-dealkylation sites (N-methyl/N-ethyl adjacent to an activating group) is 1. The van der Waals surface area contributed by atoms with Crippen molar-refractivity contribution >= 4 is 45.7 Å². The van der Waals surface area contributed by atoms with E-state index in [0.717, 1.165) is 13.0 Å². The van der Waals surface area contributed by atoms with Crippen molar-refractivity contribution in [3.05, 3.63) is 53.8 Å². The smallest absolute Gasteiger partial charge is 0.328 e. The van der Waals surface area contributed by atoms with Crippen LogP contribution in [0, 0.1) is 0 Å². The maximum absolute atomic E-state index is 9.55. The molecule has 4 rings (SSSR count). The minimum Gasteiger partial charge on any atom is -0.478 e. The van der Waals surface area contributed by atoms with Crippen LogP contribution in [0.15, 0.2) is 42.6 Å². The van der Waals surface area contributed by atoms with E-state index < -0.39 is 11.9 Å². The highest BCUT2D eigenvalue weighted by Crippen LogP contribution is 2.39. The fraction of sp³-hybridized carbons (Fsp3) is 0.286. The summed E-state index contributed by atoms with van der Waals surface area (Å²) in [6.07, 6.45) is 6.71. The third kappa shape index (κ3) is 4.69. The zero-order valence-electron chi connectivity index (χ0n) is 16.7. The number of aliphatic carboxylic acids is 2. The Bertz CT molecular complexity index is 1030. The van der Waals surface area contributed by atoms with Crippen LogP contribution in [-0.2, 0) is 16.0 Å². The van der Waals surface area contributed by atoms with Gasteiger partial charge in [0.15, 0.2) is 5.11 Å². The fourth-order valence-corrected chi connectivity index (χ4v) is 4.08. The van der Waals surface area contributed by atoms with Crippen LogP contribution in [0.5, 0.6) is 0 Å². The van der Waals surface area contributed by atoms with Crippen LogP contribution in [0.3, 0.4) is 0 Å². The van der Waals surface area contributed by atoms with Gasteiger partial charge in [-0.2, -0.15) is 0 Å². The normalized spacial score (nSPS) is 20.0. The molecule has 2 aromatic rings. The first-order valence-electron chi connectivity index (χ1n) is 9.43. The molecule has 0 amide bonds. The molecule has 158 valence electrons. The van der Waals surface area contributed by atoms with Gasteiger partial charge in [-0.05, 0) is 48.5 Å². The number of aromatic nitrogens is 1. The van der Waals surface area contributed by atoms with Crippen molar-refractivity contribution in [2.75, 3.05) is 20.6 Å². The average Bonchev–Trinajstić information content (AvgIpc) is 3.12. The van der Waals surface area contributed by atoms with Gasteiger partial charge in [0.25, 0.3) is 0 Å². The molecule has 0 radical (unpaired) electrons. The number of thiocarbonyl (C=S) groups is 1. The van der Waals surface area contributed by atoms with Gasteiger partial charge in [0.2, 0.25) is 0 Å². The van der Waals surface area contributed by atoms with Crippen LogP contribution in [0.4, 0.5) is 0 Å². The highest BCUT2D eigenvalue weighted by atomic mass is 32.1. The van der Waals surface area contributed by atoms with E-state index in [4.69, 9.17) is 22.4 Å². The molecule has 0 saturated carbocycles. The van der Waals surface area contributed by atoms with Gasteiger partial charge in [-0.15, -0.1) is 0 Å². The van der Waals surface area contributed by atoms with Crippen molar-refractivity contribution in [1.29, 1.82) is 0 Å². The van der Waals surface area contributed by atoms with Gasteiger partial charge < -0.3 is 25.8 Å². The van der Waals surface area contributed by atoms with E-state index in [1.165, 1.54) is 27.6 Å². The molecule has 1 aromatic heterocycles. The molecular weight excluding hydrogens is 404 g/mol. The zero-order chi connectivity index (χ0) is 21.8. The number of benzene rings is 1. The van der Waals surface area contributed by atoms with Crippen LogP contribution in [-0.4, -0.2) is 69.9 Å². The molecular formula is C21H24N4O4S. The van der Waals surface area contributed by atoms with Gasteiger partial charge in [-0.3, -0.25) is 4.90 Å². The van der Waals surface area contributed by atoms with Gasteiger partial charge >= 0.3 is 11.9 Å². The molecule has 1 aromatic carbocycles. The lowest BCUT2D eigenvalue weighted by Gasteiger charge is -2.40. The molecule has 2 heterocycles. The first-order chi connectivity index (χ1) is 14.3. The minimum absolute atomic E-state index is 0.243. The number of fused-ring (bicyclic) bond motifs is 2. The number of hydrogen-bond acceptors (Lipinski definition) is 4. The van der Waals surface area contributed by atoms with E-state index in [9.17, 15) is 9.59 Å². The second kappa shape index (κ2) is 9.10. The Balaban J connectivity index is 0.000000275. The van der Waals surface area contributed by atoms with Gasteiger partial charge in [0, 0.05) is 48.9 Å². The summed E-state index contributed by atoms with van der Waals surface area (Å²) in [6.45, 7) is 0.964. The molecule has 0 fully saturated rings. The number of nitrogens with one attached hydrogen (secondary N) is 3. The summed E-state index contributed by atoms with van der Waals surface area (Å²) in [7, 11) is 4.05. The molecule has 2 atom stereocenters. The van der Waals surface area contributed by atoms with E-state index in [0.29, 0.717) is 23.3 Å². The molecule has 0 bridgehead atoms. The highest BCUT2D eigenvalue weighted by Gasteiger charge is 2.33. The van der Waals surface area contributed by atoms with Gasteiger partial charge in [-0.1, -0.05) is 18.2 Å². The average molecular weight is 429 g/mol. The van der Waals surface area contributed by atoms with Crippen molar-refractivity contribution in [3.63, 3.8) is 0 Å². The van der Waals surface area contributed by atoms with Crippen LogP contribution >= 0.6 is 12.2 Å². The summed E-state index contributed by atoms with van der Waals surface area (Å²) < 4.78 is 0.